The number of nitrogens with zero attached hydrogens (tertiary/aromatic N) is 1. The van der Waals surface area contributed by atoms with Crippen LogP contribution in [0.5, 0.6) is 0 Å². The molecule has 2 heteroatoms. The quantitative estimate of drug-likeness (QED) is 0.504. The molecule has 0 saturated heterocycles. The maximum absolute atomic E-state index is 5.80. The van der Waals surface area contributed by atoms with Crippen molar-refractivity contribution in [1.29, 1.82) is 0 Å². The number of rotatable bonds is 2. The summed E-state index contributed by atoms with van der Waals surface area (Å²) in [7, 11) is 0. The Labute approximate surface area is 83.5 Å². The lowest BCUT2D eigenvalue weighted by atomic mass is 10.2. The fraction of sp³-hybridized carbons (Fsp3) is 0.182. The summed E-state index contributed by atoms with van der Waals surface area (Å²) < 4.78 is 0. The molecule has 0 spiro atoms. The molecule has 0 unspecified atom stereocenters. The predicted molar refractivity (Wildman–Crippen MR) is 57.4 cm³/mol. The van der Waals surface area contributed by atoms with Gasteiger partial charge in [0.05, 0.1) is 6.54 Å². The summed E-state index contributed by atoms with van der Waals surface area (Å²) in [6.45, 7) is 2.35. The molecule has 0 fully saturated rings. The Bertz CT molecular complexity index is 358. The highest BCUT2D eigenvalue weighted by molar-refractivity contribution is 6.30. The van der Waals surface area contributed by atoms with E-state index in [1.165, 1.54) is 0 Å². The second-order valence-electron chi connectivity index (χ2n) is 2.45. The molecule has 0 saturated carbocycles. The van der Waals surface area contributed by atoms with Crippen LogP contribution in [0, 0.1) is 11.8 Å². The first-order valence-electron chi connectivity index (χ1n) is 3.98. The lowest BCUT2D eigenvalue weighted by molar-refractivity contribution is 1.30. The van der Waals surface area contributed by atoms with E-state index in [9.17, 15) is 0 Å². The molecular formula is C11H10ClN. The SMILES string of the molecule is CC#CCN=Cc1cccc(Cl)c1. The van der Waals surface area contributed by atoms with E-state index < -0.39 is 0 Å². The summed E-state index contributed by atoms with van der Waals surface area (Å²) in [5.74, 6) is 5.63. The zero-order valence-electron chi connectivity index (χ0n) is 7.42. The van der Waals surface area contributed by atoms with Crippen LogP contribution in [0.1, 0.15) is 12.5 Å². The van der Waals surface area contributed by atoms with Gasteiger partial charge in [0.25, 0.3) is 0 Å². The molecule has 1 aromatic rings. The number of halogens is 1. The standard InChI is InChI=1S/C11H10ClN/c1-2-3-7-13-9-10-5-4-6-11(12)8-10/h4-6,8-9H,7H2,1H3. The smallest absolute Gasteiger partial charge is 0.0997 e. The van der Waals surface area contributed by atoms with Gasteiger partial charge in [0.15, 0.2) is 0 Å². The molecule has 0 amide bonds. The van der Waals surface area contributed by atoms with Gasteiger partial charge in [-0.05, 0) is 24.6 Å². The first kappa shape index (κ1) is 9.83. The van der Waals surface area contributed by atoms with Gasteiger partial charge in [0, 0.05) is 11.2 Å². The highest BCUT2D eigenvalue weighted by Gasteiger charge is 1.87. The van der Waals surface area contributed by atoms with Gasteiger partial charge >= 0.3 is 0 Å². The Morgan fingerprint density at radius 3 is 3.08 bits per heavy atom. The molecule has 0 radical (unpaired) electrons. The van der Waals surface area contributed by atoms with Crippen LogP contribution in [0.3, 0.4) is 0 Å². The summed E-state index contributed by atoms with van der Waals surface area (Å²) in [5, 5.41) is 0.727. The van der Waals surface area contributed by atoms with Gasteiger partial charge in [-0.15, -0.1) is 5.92 Å². The van der Waals surface area contributed by atoms with Crippen LogP contribution in [-0.4, -0.2) is 12.8 Å². The molecule has 0 aromatic heterocycles. The molecule has 66 valence electrons. The van der Waals surface area contributed by atoms with E-state index in [1.54, 1.807) is 13.1 Å². The first-order valence-corrected chi connectivity index (χ1v) is 4.35. The average Bonchev–Trinajstić information content (AvgIpc) is 2.13. The molecular weight excluding hydrogens is 182 g/mol. The molecule has 1 aromatic carbocycles. The lowest BCUT2D eigenvalue weighted by Gasteiger charge is -1.91. The van der Waals surface area contributed by atoms with Crippen LogP contribution >= 0.6 is 11.6 Å². The van der Waals surface area contributed by atoms with Gasteiger partial charge in [-0.3, -0.25) is 4.99 Å². The monoisotopic (exact) mass is 191 g/mol. The third-order valence-corrected chi connectivity index (χ3v) is 1.67. The van der Waals surface area contributed by atoms with Crippen molar-refractivity contribution in [1.82, 2.24) is 0 Å². The minimum absolute atomic E-state index is 0.545. The van der Waals surface area contributed by atoms with Gasteiger partial charge in [-0.2, -0.15) is 0 Å². The summed E-state index contributed by atoms with van der Waals surface area (Å²) in [5.41, 5.74) is 1.01. The summed E-state index contributed by atoms with van der Waals surface area (Å²) in [6.07, 6.45) is 1.77. The van der Waals surface area contributed by atoms with Gasteiger partial charge in [0.2, 0.25) is 0 Å². The minimum atomic E-state index is 0.545. The number of benzene rings is 1. The second kappa shape index (κ2) is 5.40. The van der Waals surface area contributed by atoms with E-state index in [2.05, 4.69) is 16.8 Å². The van der Waals surface area contributed by atoms with Crippen molar-refractivity contribution in [3.8, 4) is 11.8 Å². The first-order chi connectivity index (χ1) is 6.33. The van der Waals surface area contributed by atoms with Crippen LogP contribution < -0.4 is 0 Å². The average molecular weight is 192 g/mol. The Kier molecular flexibility index (Phi) is 4.08. The van der Waals surface area contributed by atoms with Crippen molar-refractivity contribution in [2.75, 3.05) is 6.54 Å². The van der Waals surface area contributed by atoms with Crippen molar-refractivity contribution in [3.05, 3.63) is 34.9 Å². The largest absolute Gasteiger partial charge is 0.280 e. The van der Waals surface area contributed by atoms with Crippen molar-refractivity contribution in [3.63, 3.8) is 0 Å². The minimum Gasteiger partial charge on any atom is -0.280 e. The van der Waals surface area contributed by atoms with E-state index in [0.29, 0.717) is 6.54 Å². The molecule has 0 heterocycles. The summed E-state index contributed by atoms with van der Waals surface area (Å²) in [6, 6.07) is 7.55. The van der Waals surface area contributed by atoms with E-state index in [0.717, 1.165) is 10.6 Å². The maximum Gasteiger partial charge on any atom is 0.0997 e. The third-order valence-electron chi connectivity index (χ3n) is 1.44. The number of aliphatic imine (C=N–C) groups is 1. The van der Waals surface area contributed by atoms with Crippen LogP contribution in [0.15, 0.2) is 29.3 Å². The molecule has 0 N–H and O–H groups in total. The molecule has 1 rings (SSSR count). The van der Waals surface area contributed by atoms with Gasteiger partial charge in [-0.1, -0.05) is 29.7 Å². The normalized spacial score (nSPS) is 9.69. The lowest BCUT2D eigenvalue weighted by Crippen LogP contribution is -1.81. The summed E-state index contributed by atoms with van der Waals surface area (Å²) in [4.78, 5) is 4.12. The molecule has 0 aliphatic rings. The van der Waals surface area contributed by atoms with Crippen LogP contribution in [0.25, 0.3) is 0 Å². The fourth-order valence-electron chi connectivity index (χ4n) is 0.863. The Hall–Kier alpha value is -1.26. The van der Waals surface area contributed by atoms with Crippen molar-refractivity contribution in [2.45, 2.75) is 6.92 Å². The Balaban J connectivity index is 2.61. The van der Waals surface area contributed by atoms with E-state index in [1.807, 2.05) is 24.3 Å². The predicted octanol–water partition coefficient (Wildman–Crippen LogP) is 2.78. The zero-order valence-corrected chi connectivity index (χ0v) is 8.17. The number of hydrogen-bond donors (Lipinski definition) is 0. The van der Waals surface area contributed by atoms with E-state index in [-0.39, 0.29) is 0 Å². The highest BCUT2D eigenvalue weighted by Crippen LogP contribution is 2.08. The molecule has 0 aliphatic heterocycles. The molecule has 0 atom stereocenters. The highest BCUT2D eigenvalue weighted by atomic mass is 35.5. The Morgan fingerprint density at radius 2 is 2.38 bits per heavy atom. The fourth-order valence-corrected chi connectivity index (χ4v) is 1.06. The van der Waals surface area contributed by atoms with Crippen molar-refractivity contribution < 1.29 is 0 Å². The van der Waals surface area contributed by atoms with Crippen LogP contribution in [0.2, 0.25) is 5.02 Å². The second-order valence-corrected chi connectivity index (χ2v) is 2.89. The maximum atomic E-state index is 5.80. The van der Waals surface area contributed by atoms with Crippen LogP contribution in [-0.2, 0) is 0 Å². The van der Waals surface area contributed by atoms with Gasteiger partial charge < -0.3 is 0 Å². The van der Waals surface area contributed by atoms with Gasteiger partial charge in [-0.25, -0.2) is 0 Å². The van der Waals surface area contributed by atoms with E-state index in [4.69, 9.17) is 11.6 Å². The summed E-state index contributed by atoms with van der Waals surface area (Å²) >= 11 is 5.80. The van der Waals surface area contributed by atoms with Crippen molar-refractivity contribution in [2.24, 2.45) is 4.99 Å². The van der Waals surface area contributed by atoms with Crippen LogP contribution in [0.4, 0.5) is 0 Å². The zero-order chi connectivity index (χ0) is 9.52. The molecule has 1 nitrogen and oxygen atoms in total. The molecule has 0 bridgehead atoms. The number of hydrogen-bond acceptors (Lipinski definition) is 1. The van der Waals surface area contributed by atoms with E-state index >= 15 is 0 Å². The van der Waals surface area contributed by atoms with Gasteiger partial charge in [0.1, 0.15) is 0 Å². The topological polar surface area (TPSA) is 12.4 Å². The molecule has 0 aliphatic carbocycles. The third kappa shape index (κ3) is 3.78. The molecule has 13 heavy (non-hydrogen) atoms. The Morgan fingerprint density at radius 1 is 1.54 bits per heavy atom. The van der Waals surface area contributed by atoms with Crippen molar-refractivity contribution >= 4 is 17.8 Å².